The molecule has 1 aromatic rings. The Hall–Kier alpha value is -1.06. The summed E-state index contributed by atoms with van der Waals surface area (Å²) in [4.78, 5) is 0. The van der Waals surface area contributed by atoms with Crippen LogP contribution in [0, 0.1) is 5.92 Å². The highest BCUT2D eigenvalue weighted by atomic mass is 16.5. The highest BCUT2D eigenvalue weighted by Crippen LogP contribution is 2.18. The molecule has 0 fully saturated rings. The van der Waals surface area contributed by atoms with Gasteiger partial charge < -0.3 is 14.8 Å². The Kier molecular flexibility index (Phi) is 8.31. The van der Waals surface area contributed by atoms with E-state index in [2.05, 4.69) is 31.3 Å². The van der Waals surface area contributed by atoms with Gasteiger partial charge in [-0.25, -0.2) is 0 Å². The van der Waals surface area contributed by atoms with Gasteiger partial charge in [0.2, 0.25) is 0 Å². The van der Waals surface area contributed by atoms with Gasteiger partial charge in [-0.15, -0.1) is 0 Å². The number of benzene rings is 1. The number of likely N-dealkylation sites (N-methyl/N-ethyl adjacent to an activating group) is 1. The monoisotopic (exact) mass is 279 g/mol. The third-order valence-corrected chi connectivity index (χ3v) is 3.41. The van der Waals surface area contributed by atoms with Crippen LogP contribution in [0.15, 0.2) is 24.3 Å². The Balaban J connectivity index is 2.44. The van der Waals surface area contributed by atoms with Crippen LogP contribution in [0.25, 0.3) is 0 Å². The van der Waals surface area contributed by atoms with Crippen molar-refractivity contribution in [3.63, 3.8) is 0 Å². The van der Waals surface area contributed by atoms with Gasteiger partial charge in [0, 0.05) is 6.61 Å². The summed E-state index contributed by atoms with van der Waals surface area (Å²) in [7, 11) is 1.97. The predicted octanol–water partition coefficient (Wildman–Crippen LogP) is 3.80. The zero-order chi connectivity index (χ0) is 14.8. The van der Waals surface area contributed by atoms with E-state index in [0.717, 1.165) is 12.4 Å². The summed E-state index contributed by atoms with van der Waals surface area (Å²) < 4.78 is 11.3. The normalized spacial score (nSPS) is 14.0. The van der Waals surface area contributed by atoms with E-state index in [-0.39, 0.29) is 6.04 Å². The zero-order valence-electron chi connectivity index (χ0n) is 13.3. The fourth-order valence-electron chi connectivity index (χ4n) is 2.27. The molecule has 0 bridgehead atoms. The van der Waals surface area contributed by atoms with Crippen molar-refractivity contribution in [3.05, 3.63) is 29.8 Å². The molecule has 1 aromatic carbocycles. The summed E-state index contributed by atoms with van der Waals surface area (Å²) >= 11 is 0. The maximum atomic E-state index is 5.84. The van der Waals surface area contributed by atoms with Crippen LogP contribution >= 0.6 is 0 Å². The van der Waals surface area contributed by atoms with E-state index < -0.39 is 0 Å². The van der Waals surface area contributed by atoms with Gasteiger partial charge in [0.15, 0.2) is 0 Å². The molecule has 20 heavy (non-hydrogen) atoms. The van der Waals surface area contributed by atoms with Crippen LogP contribution in [0.5, 0.6) is 5.75 Å². The Morgan fingerprint density at radius 3 is 2.35 bits per heavy atom. The van der Waals surface area contributed by atoms with Gasteiger partial charge in [0.05, 0.1) is 19.3 Å². The summed E-state index contributed by atoms with van der Waals surface area (Å²) in [6.45, 7) is 8.70. The molecule has 0 spiro atoms. The average molecular weight is 279 g/mol. The van der Waals surface area contributed by atoms with Crippen LogP contribution in [-0.4, -0.2) is 26.9 Å². The Bertz CT molecular complexity index is 351. The maximum absolute atomic E-state index is 5.84. The number of hydrogen-bond acceptors (Lipinski definition) is 3. The summed E-state index contributed by atoms with van der Waals surface area (Å²) in [5, 5.41) is 3.31. The lowest BCUT2D eigenvalue weighted by atomic mass is 10.1. The van der Waals surface area contributed by atoms with Crippen molar-refractivity contribution in [2.75, 3.05) is 26.9 Å². The molecule has 114 valence electrons. The number of ether oxygens (including phenoxy) is 2. The first kappa shape index (κ1) is 17.0. The van der Waals surface area contributed by atoms with Gasteiger partial charge in [-0.3, -0.25) is 0 Å². The van der Waals surface area contributed by atoms with Crippen molar-refractivity contribution in [2.45, 2.75) is 39.7 Å². The quantitative estimate of drug-likeness (QED) is 0.706. The minimum atomic E-state index is 0.236. The van der Waals surface area contributed by atoms with Gasteiger partial charge in [-0.2, -0.15) is 0 Å². The fourth-order valence-corrected chi connectivity index (χ4v) is 2.27. The van der Waals surface area contributed by atoms with E-state index in [1.165, 1.54) is 18.4 Å². The predicted molar refractivity (Wildman–Crippen MR) is 84.3 cm³/mol. The molecule has 0 aliphatic heterocycles. The molecule has 0 aromatic heterocycles. The van der Waals surface area contributed by atoms with Crippen molar-refractivity contribution >= 4 is 0 Å². The van der Waals surface area contributed by atoms with Crippen molar-refractivity contribution in [2.24, 2.45) is 5.92 Å². The largest absolute Gasteiger partial charge is 0.494 e. The molecule has 3 nitrogen and oxygen atoms in total. The van der Waals surface area contributed by atoms with E-state index in [1.54, 1.807) is 0 Å². The number of rotatable bonds is 10. The second-order valence-corrected chi connectivity index (χ2v) is 5.27. The van der Waals surface area contributed by atoms with Crippen LogP contribution in [0.3, 0.4) is 0 Å². The molecular formula is C17H29NO2. The minimum absolute atomic E-state index is 0.236. The molecule has 0 radical (unpaired) electrons. The molecule has 2 atom stereocenters. The standard InChI is InChI=1S/C17H29NO2/c1-5-7-14(3)12-19-13-17(18-4)15-8-10-16(11-9-15)20-6-2/h8-11,14,17-18H,5-7,12-13H2,1-4H3. The van der Waals surface area contributed by atoms with E-state index in [9.17, 15) is 0 Å². The highest BCUT2D eigenvalue weighted by molar-refractivity contribution is 5.29. The smallest absolute Gasteiger partial charge is 0.119 e. The first-order valence-electron chi connectivity index (χ1n) is 7.69. The molecule has 1 N–H and O–H groups in total. The van der Waals surface area contributed by atoms with Gasteiger partial charge in [0.25, 0.3) is 0 Å². The molecule has 1 rings (SSSR count). The van der Waals surface area contributed by atoms with Crippen LogP contribution in [0.4, 0.5) is 0 Å². The molecule has 0 amide bonds. The molecule has 3 heteroatoms. The van der Waals surface area contributed by atoms with Crippen LogP contribution < -0.4 is 10.1 Å². The van der Waals surface area contributed by atoms with Crippen molar-refractivity contribution in [3.8, 4) is 5.75 Å². The first-order valence-corrected chi connectivity index (χ1v) is 7.69. The molecule has 0 aliphatic rings. The van der Waals surface area contributed by atoms with Crippen LogP contribution in [-0.2, 0) is 4.74 Å². The summed E-state index contributed by atoms with van der Waals surface area (Å²) in [5.74, 6) is 1.56. The molecule has 0 saturated heterocycles. The third-order valence-electron chi connectivity index (χ3n) is 3.41. The number of nitrogens with one attached hydrogen (secondary N) is 1. The van der Waals surface area contributed by atoms with Crippen molar-refractivity contribution in [1.29, 1.82) is 0 Å². The molecule has 0 aliphatic carbocycles. The molecule has 2 unspecified atom stereocenters. The minimum Gasteiger partial charge on any atom is -0.494 e. The average Bonchev–Trinajstić information content (AvgIpc) is 2.45. The van der Waals surface area contributed by atoms with E-state index in [0.29, 0.717) is 19.1 Å². The van der Waals surface area contributed by atoms with Gasteiger partial charge in [-0.05, 0) is 44.0 Å². The van der Waals surface area contributed by atoms with Gasteiger partial charge in [0.1, 0.15) is 5.75 Å². The third kappa shape index (κ3) is 5.93. The topological polar surface area (TPSA) is 30.5 Å². The maximum Gasteiger partial charge on any atom is 0.119 e. The zero-order valence-corrected chi connectivity index (χ0v) is 13.3. The Morgan fingerprint density at radius 2 is 1.80 bits per heavy atom. The second kappa shape index (κ2) is 9.78. The summed E-state index contributed by atoms with van der Waals surface area (Å²) in [5.41, 5.74) is 1.24. The Labute approximate surface area is 123 Å². The lowest BCUT2D eigenvalue weighted by molar-refractivity contribution is 0.0848. The van der Waals surface area contributed by atoms with E-state index >= 15 is 0 Å². The van der Waals surface area contributed by atoms with Crippen LogP contribution in [0.1, 0.15) is 45.2 Å². The van der Waals surface area contributed by atoms with Crippen LogP contribution in [0.2, 0.25) is 0 Å². The SMILES string of the molecule is CCCC(C)COCC(NC)c1ccc(OCC)cc1. The molecular weight excluding hydrogens is 250 g/mol. The fraction of sp³-hybridized carbons (Fsp3) is 0.647. The van der Waals surface area contributed by atoms with Gasteiger partial charge in [-0.1, -0.05) is 32.4 Å². The second-order valence-electron chi connectivity index (χ2n) is 5.27. The first-order chi connectivity index (χ1) is 9.71. The number of hydrogen-bond donors (Lipinski definition) is 1. The van der Waals surface area contributed by atoms with Crippen molar-refractivity contribution in [1.82, 2.24) is 5.32 Å². The highest BCUT2D eigenvalue weighted by Gasteiger charge is 2.10. The van der Waals surface area contributed by atoms with E-state index in [4.69, 9.17) is 9.47 Å². The summed E-state index contributed by atoms with van der Waals surface area (Å²) in [6.07, 6.45) is 2.45. The van der Waals surface area contributed by atoms with Gasteiger partial charge >= 0.3 is 0 Å². The summed E-state index contributed by atoms with van der Waals surface area (Å²) in [6, 6.07) is 8.47. The molecule has 0 heterocycles. The lowest BCUT2D eigenvalue weighted by Gasteiger charge is -2.19. The Morgan fingerprint density at radius 1 is 1.10 bits per heavy atom. The van der Waals surface area contributed by atoms with E-state index in [1.807, 2.05) is 26.1 Å². The lowest BCUT2D eigenvalue weighted by Crippen LogP contribution is -2.23. The molecule has 0 saturated carbocycles. The van der Waals surface area contributed by atoms with Crippen molar-refractivity contribution < 1.29 is 9.47 Å².